The minimum Gasteiger partial charge on any atom is -0.298 e. The summed E-state index contributed by atoms with van der Waals surface area (Å²) in [5, 5.41) is 7.69. The standard InChI is InChI=1S/C12H11N2O/c1-8-3-4-10(5-9(8)2)12-11(7-15)6-13-14-12/h3-7H,1-2H3. The minimum atomic E-state index is 0.540. The molecule has 2 aliphatic rings. The third-order valence-electron chi connectivity index (χ3n) is 2.54. The summed E-state index contributed by atoms with van der Waals surface area (Å²) in [6.45, 7) is 4.09. The van der Waals surface area contributed by atoms with Crippen molar-refractivity contribution in [2.45, 2.75) is 13.8 Å². The number of carbonyl (C=O) groups excluding carboxylic acids is 1. The summed E-state index contributed by atoms with van der Waals surface area (Å²) in [5.41, 5.74) is 3.33. The minimum absolute atomic E-state index is 0.540. The average Bonchev–Trinajstić information content (AvgIpc) is 2.70. The molecule has 0 unspecified atom stereocenters. The number of nitrogens with zero attached hydrogens (tertiary/aromatic N) is 2. The molecule has 0 bridgehead atoms. The molecule has 0 aromatic rings. The molecule has 0 N–H and O–H groups in total. The highest BCUT2D eigenvalue weighted by Crippen LogP contribution is 2.29. The van der Waals surface area contributed by atoms with Gasteiger partial charge in [-0.05, 0) is 6.92 Å². The maximum atomic E-state index is 10.7. The Balaban J connectivity index is 2.44. The van der Waals surface area contributed by atoms with Gasteiger partial charge in [0, 0.05) is 11.5 Å². The fourth-order valence-electron chi connectivity index (χ4n) is 1.47. The second kappa shape index (κ2) is 3.77. The lowest BCUT2D eigenvalue weighted by Gasteiger charge is -2.13. The number of carbonyl (C=O) groups is 1. The third kappa shape index (κ3) is 1.73. The van der Waals surface area contributed by atoms with Gasteiger partial charge in [-0.15, -0.1) is 5.11 Å². The molecule has 15 heavy (non-hydrogen) atoms. The van der Waals surface area contributed by atoms with E-state index in [-0.39, 0.29) is 0 Å². The Labute approximate surface area is 88.6 Å². The number of azo groups is 1. The van der Waals surface area contributed by atoms with Gasteiger partial charge < -0.3 is 0 Å². The zero-order valence-electron chi connectivity index (χ0n) is 8.69. The van der Waals surface area contributed by atoms with E-state index in [4.69, 9.17) is 0 Å². The first-order valence-electron chi connectivity index (χ1n) is 4.73. The average molecular weight is 199 g/mol. The van der Waals surface area contributed by atoms with E-state index >= 15 is 0 Å². The van der Waals surface area contributed by atoms with Crippen LogP contribution >= 0.6 is 0 Å². The zero-order chi connectivity index (χ0) is 10.8. The topological polar surface area (TPSA) is 41.8 Å². The van der Waals surface area contributed by atoms with Crippen molar-refractivity contribution in [3.05, 3.63) is 52.8 Å². The van der Waals surface area contributed by atoms with Crippen molar-refractivity contribution < 1.29 is 4.79 Å². The predicted molar refractivity (Wildman–Crippen MR) is 57.8 cm³/mol. The lowest BCUT2D eigenvalue weighted by atomic mass is 9.92. The van der Waals surface area contributed by atoms with Gasteiger partial charge >= 0.3 is 0 Å². The van der Waals surface area contributed by atoms with Crippen molar-refractivity contribution in [2.75, 3.05) is 0 Å². The summed E-state index contributed by atoms with van der Waals surface area (Å²) in [4.78, 5) is 10.7. The fraction of sp³-hybridized carbons (Fsp3) is 0.167. The number of hydrogen-bond acceptors (Lipinski definition) is 3. The van der Waals surface area contributed by atoms with Gasteiger partial charge in [-0.3, -0.25) is 4.79 Å². The van der Waals surface area contributed by atoms with Gasteiger partial charge in [0.15, 0.2) is 6.29 Å². The third-order valence-corrected chi connectivity index (χ3v) is 2.54. The largest absolute Gasteiger partial charge is 0.298 e. The zero-order valence-corrected chi connectivity index (χ0v) is 8.69. The lowest BCUT2D eigenvalue weighted by molar-refractivity contribution is -0.104. The summed E-state index contributed by atoms with van der Waals surface area (Å²) in [7, 11) is 0. The van der Waals surface area contributed by atoms with Crippen molar-refractivity contribution >= 4 is 6.29 Å². The number of rotatable bonds is 1. The van der Waals surface area contributed by atoms with Crippen molar-refractivity contribution in [1.82, 2.24) is 0 Å². The second-order valence-corrected chi connectivity index (χ2v) is 3.57. The van der Waals surface area contributed by atoms with Gasteiger partial charge in [0.2, 0.25) is 0 Å². The van der Waals surface area contributed by atoms with Gasteiger partial charge in [-0.1, -0.05) is 30.7 Å². The van der Waals surface area contributed by atoms with Crippen LogP contribution < -0.4 is 0 Å². The predicted octanol–water partition coefficient (Wildman–Crippen LogP) is 2.90. The number of aldehydes is 1. The number of hydrogen-bond donors (Lipinski definition) is 0. The van der Waals surface area contributed by atoms with E-state index in [1.54, 1.807) is 0 Å². The molecule has 0 aromatic heterocycles. The van der Waals surface area contributed by atoms with Crippen LogP contribution in [0.2, 0.25) is 0 Å². The van der Waals surface area contributed by atoms with Crippen LogP contribution in [0.4, 0.5) is 0 Å². The molecule has 1 aliphatic carbocycles. The SMILES string of the molecule is C[C]1C=CC(=C2N=NC=C2C=O)C=C1C. The molecular weight excluding hydrogens is 188 g/mol. The van der Waals surface area contributed by atoms with E-state index in [1.807, 2.05) is 25.2 Å². The first kappa shape index (κ1) is 9.77. The van der Waals surface area contributed by atoms with Gasteiger partial charge in [-0.2, -0.15) is 5.11 Å². The molecular formula is C12H11N2O. The first-order valence-corrected chi connectivity index (χ1v) is 4.73. The van der Waals surface area contributed by atoms with E-state index in [0.717, 1.165) is 11.9 Å². The Morgan fingerprint density at radius 3 is 2.73 bits per heavy atom. The van der Waals surface area contributed by atoms with E-state index in [0.29, 0.717) is 11.3 Å². The summed E-state index contributed by atoms with van der Waals surface area (Å²) in [5.74, 6) is 1.23. The van der Waals surface area contributed by atoms with Crippen LogP contribution in [-0.4, -0.2) is 6.29 Å². The molecule has 0 aromatic carbocycles. The van der Waals surface area contributed by atoms with Gasteiger partial charge in [0.25, 0.3) is 0 Å². The van der Waals surface area contributed by atoms with E-state index in [1.165, 1.54) is 17.7 Å². The maximum absolute atomic E-state index is 10.7. The van der Waals surface area contributed by atoms with Crippen molar-refractivity contribution in [2.24, 2.45) is 10.2 Å². The Hall–Kier alpha value is -1.77. The highest BCUT2D eigenvalue weighted by atomic mass is 16.1. The number of allylic oxidation sites excluding steroid dienone is 6. The monoisotopic (exact) mass is 199 g/mol. The summed E-state index contributed by atoms with van der Waals surface area (Å²) in [6.07, 6.45) is 8.27. The molecule has 75 valence electrons. The van der Waals surface area contributed by atoms with Crippen LogP contribution in [0.1, 0.15) is 13.8 Å². The first-order chi connectivity index (χ1) is 7.22. The van der Waals surface area contributed by atoms with Crippen molar-refractivity contribution in [3.8, 4) is 0 Å². The quantitative estimate of drug-likeness (QED) is 0.598. The van der Waals surface area contributed by atoms with E-state index in [9.17, 15) is 4.79 Å². The molecule has 0 saturated carbocycles. The van der Waals surface area contributed by atoms with Crippen LogP contribution in [0.15, 0.2) is 57.1 Å². The molecule has 0 spiro atoms. The maximum Gasteiger partial charge on any atom is 0.153 e. The molecule has 3 heteroatoms. The van der Waals surface area contributed by atoms with E-state index in [2.05, 4.69) is 17.2 Å². The molecule has 3 nitrogen and oxygen atoms in total. The highest BCUT2D eigenvalue weighted by molar-refractivity contribution is 5.82. The van der Waals surface area contributed by atoms with Crippen LogP contribution in [0.5, 0.6) is 0 Å². The van der Waals surface area contributed by atoms with Crippen molar-refractivity contribution in [1.29, 1.82) is 0 Å². The fourth-order valence-corrected chi connectivity index (χ4v) is 1.47. The molecule has 0 atom stereocenters. The van der Waals surface area contributed by atoms with E-state index < -0.39 is 0 Å². The Kier molecular flexibility index (Phi) is 2.46. The molecule has 1 aliphatic heterocycles. The molecule has 2 rings (SSSR count). The Morgan fingerprint density at radius 1 is 1.27 bits per heavy atom. The van der Waals surface area contributed by atoms with Gasteiger partial charge in [0.1, 0.15) is 5.70 Å². The molecule has 1 heterocycles. The molecule has 1 radical (unpaired) electrons. The Morgan fingerprint density at radius 2 is 2.07 bits per heavy atom. The van der Waals surface area contributed by atoms with Crippen molar-refractivity contribution in [3.63, 3.8) is 0 Å². The summed E-state index contributed by atoms with van der Waals surface area (Å²) >= 11 is 0. The molecule has 0 saturated heterocycles. The highest BCUT2D eigenvalue weighted by Gasteiger charge is 2.15. The van der Waals surface area contributed by atoms with Crippen LogP contribution in [0, 0.1) is 5.92 Å². The second-order valence-electron chi connectivity index (χ2n) is 3.57. The van der Waals surface area contributed by atoms with Gasteiger partial charge in [-0.25, -0.2) is 0 Å². The van der Waals surface area contributed by atoms with Gasteiger partial charge in [0.05, 0.1) is 11.8 Å². The lowest BCUT2D eigenvalue weighted by Crippen LogP contribution is -1.98. The Bertz CT molecular complexity index is 450. The summed E-state index contributed by atoms with van der Waals surface area (Å²) in [6, 6.07) is 0. The smallest absolute Gasteiger partial charge is 0.153 e. The molecule has 0 amide bonds. The summed E-state index contributed by atoms with van der Waals surface area (Å²) < 4.78 is 0. The van der Waals surface area contributed by atoms with Crippen LogP contribution in [0.3, 0.4) is 0 Å². The van der Waals surface area contributed by atoms with Crippen LogP contribution in [0.25, 0.3) is 0 Å². The molecule has 0 fully saturated rings. The normalized spacial score (nSPS) is 25.5. The van der Waals surface area contributed by atoms with Crippen LogP contribution in [-0.2, 0) is 4.79 Å².